The zero-order chi connectivity index (χ0) is 14.8. The van der Waals surface area contributed by atoms with E-state index in [-0.39, 0.29) is 25.9 Å². The van der Waals surface area contributed by atoms with Crippen molar-refractivity contribution in [3.63, 3.8) is 0 Å². The highest BCUT2D eigenvalue weighted by Gasteiger charge is 2.47. The van der Waals surface area contributed by atoms with Gasteiger partial charge in [-0.15, -0.1) is 0 Å². The molecule has 1 aliphatic heterocycles. The average Bonchev–Trinajstić information content (AvgIpc) is 2.11. The first-order valence-corrected chi connectivity index (χ1v) is 5.95. The zero-order valence-electron chi connectivity index (χ0n) is 10.8. The highest BCUT2D eigenvalue weighted by Crippen LogP contribution is 2.33. The molecule has 0 aromatic heterocycles. The summed E-state index contributed by atoms with van der Waals surface area (Å²) in [6, 6.07) is -1.71. The molecule has 0 aliphatic carbocycles. The minimum atomic E-state index is -4.43. The van der Waals surface area contributed by atoms with Gasteiger partial charge in [0.05, 0.1) is 0 Å². The molecule has 1 amide bonds. The molecule has 0 radical (unpaired) electrons. The smallest absolute Gasteiger partial charge is 0.404 e. The van der Waals surface area contributed by atoms with E-state index in [0.29, 0.717) is 0 Å². The number of amides is 1. The largest absolute Gasteiger partial charge is 0.445 e. The highest BCUT2D eigenvalue weighted by molar-refractivity contribution is 5.64. The minimum Gasteiger partial charge on any atom is -0.445 e. The predicted octanol–water partition coefficient (Wildman–Crippen LogP) is 2.23. The summed E-state index contributed by atoms with van der Waals surface area (Å²) in [5.74, 6) is 0. The summed E-state index contributed by atoms with van der Waals surface area (Å²) in [6.45, 7) is 1.87. The van der Waals surface area contributed by atoms with Gasteiger partial charge in [0.15, 0.2) is 0 Å². The van der Waals surface area contributed by atoms with E-state index in [4.69, 9.17) is 10.5 Å². The molecule has 0 saturated carbocycles. The Hall–Kier alpha value is -1.05. The lowest BCUT2D eigenvalue weighted by molar-refractivity contribution is -0.201. The van der Waals surface area contributed by atoms with Gasteiger partial charge in [0.25, 0.3) is 0 Å². The van der Waals surface area contributed by atoms with Gasteiger partial charge in [-0.25, -0.2) is 9.18 Å². The molecule has 4 nitrogen and oxygen atoms in total. The van der Waals surface area contributed by atoms with E-state index in [0.717, 1.165) is 4.90 Å². The van der Waals surface area contributed by atoms with Crippen molar-refractivity contribution >= 4 is 6.09 Å². The van der Waals surface area contributed by atoms with E-state index < -0.39 is 30.1 Å². The van der Waals surface area contributed by atoms with E-state index in [1.807, 2.05) is 0 Å². The van der Waals surface area contributed by atoms with E-state index >= 15 is 0 Å². The standard InChI is InChI=1S/C11H18F4N2O2/c1-10(2,12)6-17-5-7(19-9(16)18)3-4-8(17)11(13,14)15/h7-8H,3-6H2,1-2H3,(H2,16,18). The van der Waals surface area contributed by atoms with Crippen molar-refractivity contribution in [2.45, 2.75) is 50.7 Å². The van der Waals surface area contributed by atoms with Crippen LogP contribution in [0.1, 0.15) is 26.7 Å². The van der Waals surface area contributed by atoms with Crippen LogP contribution in [0.2, 0.25) is 0 Å². The molecule has 0 aromatic carbocycles. The Morgan fingerprint density at radius 2 is 1.89 bits per heavy atom. The van der Waals surface area contributed by atoms with Gasteiger partial charge in [0.2, 0.25) is 0 Å². The van der Waals surface area contributed by atoms with Crippen molar-refractivity contribution in [1.29, 1.82) is 0 Å². The van der Waals surface area contributed by atoms with Crippen LogP contribution in [0.4, 0.5) is 22.4 Å². The van der Waals surface area contributed by atoms with Crippen molar-refractivity contribution in [3.8, 4) is 0 Å². The lowest BCUT2D eigenvalue weighted by Crippen LogP contribution is -2.56. The summed E-state index contributed by atoms with van der Waals surface area (Å²) in [4.78, 5) is 11.6. The van der Waals surface area contributed by atoms with Gasteiger partial charge in [0, 0.05) is 13.1 Å². The number of alkyl halides is 4. The summed E-state index contributed by atoms with van der Waals surface area (Å²) in [7, 11) is 0. The minimum absolute atomic E-state index is 0.0658. The third-order valence-electron chi connectivity index (χ3n) is 2.88. The molecule has 0 aromatic rings. The quantitative estimate of drug-likeness (QED) is 0.809. The van der Waals surface area contributed by atoms with E-state index in [2.05, 4.69) is 0 Å². The normalized spacial score (nSPS) is 26.2. The lowest BCUT2D eigenvalue weighted by atomic mass is 9.97. The summed E-state index contributed by atoms with van der Waals surface area (Å²) < 4.78 is 56.9. The molecule has 1 saturated heterocycles. The van der Waals surface area contributed by atoms with Crippen molar-refractivity contribution in [3.05, 3.63) is 0 Å². The van der Waals surface area contributed by atoms with Crippen LogP contribution in [0.5, 0.6) is 0 Å². The molecule has 2 unspecified atom stereocenters. The Balaban J connectivity index is 2.77. The topological polar surface area (TPSA) is 55.6 Å². The number of rotatable bonds is 3. The number of nitrogens with two attached hydrogens (primary N) is 1. The number of piperidine rings is 1. The molecule has 19 heavy (non-hydrogen) atoms. The third-order valence-corrected chi connectivity index (χ3v) is 2.88. The molecule has 8 heteroatoms. The summed E-state index contributed by atoms with van der Waals surface area (Å²) >= 11 is 0. The lowest BCUT2D eigenvalue weighted by Gasteiger charge is -2.41. The van der Waals surface area contributed by atoms with Crippen molar-refractivity contribution < 1.29 is 27.1 Å². The average molecular weight is 286 g/mol. The van der Waals surface area contributed by atoms with E-state index in [1.54, 1.807) is 0 Å². The van der Waals surface area contributed by atoms with Crippen LogP contribution in [0, 0.1) is 0 Å². The van der Waals surface area contributed by atoms with Crippen LogP contribution in [-0.2, 0) is 4.74 Å². The molecule has 2 atom stereocenters. The monoisotopic (exact) mass is 286 g/mol. The van der Waals surface area contributed by atoms with Gasteiger partial charge in [-0.2, -0.15) is 13.2 Å². The van der Waals surface area contributed by atoms with Gasteiger partial charge < -0.3 is 10.5 Å². The third kappa shape index (κ3) is 5.22. The molecule has 1 aliphatic rings. The molecular formula is C11H18F4N2O2. The molecule has 0 bridgehead atoms. The number of carbonyl (C=O) groups is 1. The first-order valence-electron chi connectivity index (χ1n) is 5.95. The molecule has 2 N–H and O–H groups in total. The van der Waals surface area contributed by atoms with Gasteiger partial charge >= 0.3 is 12.3 Å². The van der Waals surface area contributed by atoms with E-state index in [9.17, 15) is 22.4 Å². The highest BCUT2D eigenvalue weighted by atomic mass is 19.4. The zero-order valence-corrected chi connectivity index (χ0v) is 10.8. The van der Waals surface area contributed by atoms with Crippen LogP contribution in [-0.4, -0.2) is 48.1 Å². The number of likely N-dealkylation sites (tertiary alicyclic amines) is 1. The summed E-state index contributed by atoms with van der Waals surface area (Å²) in [5, 5.41) is 0. The number of hydrogen-bond donors (Lipinski definition) is 1. The fourth-order valence-corrected chi connectivity index (χ4v) is 2.30. The first-order chi connectivity index (χ1) is 8.49. The van der Waals surface area contributed by atoms with Gasteiger partial charge in [-0.05, 0) is 26.7 Å². The Kier molecular flexibility index (Phi) is 4.65. The van der Waals surface area contributed by atoms with Gasteiger partial charge in [-0.3, -0.25) is 4.90 Å². The Bertz CT molecular complexity index is 328. The van der Waals surface area contributed by atoms with Crippen molar-refractivity contribution in [2.75, 3.05) is 13.1 Å². The number of nitrogens with zero attached hydrogens (tertiary/aromatic N) is 1. The second kappa shape index (κ2) is 5.52. The molecule has 1 heterocycles. The Labute approximate surface area is 108 Å². The van der Waals surface area contributed by atoms with Crippen molar-refractivity contribution in [1.82, 2.24) is 4.90 Å². The van der Waals surface area contributed by atoms with Crippen LogP contribution in [0.25, 0.3) is 0 Å². The number of carbonyl (C=O) groups excluding carboxylic acids is 1. The maximum Gasteiger partial charge on any atom is 0.404 e. The molecule has 1 rings (SSSR count). The maximum atomic E-state index is 13.6. The first kappa shape index (κ1) is 16.0. The van der Waals surface area contributed by atoms with Crippen LogP contribution < -0.4 is 5.73 Å². The molecule has 1 fully saturated rings. The summed E-state index contributed by atoms with van der Waals surface area (Å²) in [6.07, 6.45) is -6.36. The molecular weight excluding hydrogens is 268 g/mol. The molecule has 0 spiro atoms. The fourth-order valence-electron chi connectivity index (χ4n) is 2.30. The Morgan fingerprint density at radius 1 is 1.32 bits per heavy atom. The summed E-state index contributed by atoms with van der Waals surface area (Å²) in [5.41, 5.74) is 3.07. The number of primary amides is 1. The fraction of sp³-hybridized carbons (Fsp3) is 0.909. The van der Waals surface area contributed by atoms with Gasteiger partial charge in [-0.1, -0.05) is 0 Å². The van der Waals surface area contributed by atoms with Crippen LogP contribution in [0.3, 0.4) is 0 Å². The van der Waals surface area contributed by atoms with E-state index in [1.165, 1.54) is 13.8 Å². The predicted molar refractivity (Wildman–Crippen MR) is 60.3 cm³/mol. The van der Waals surface area contributed by atoms with Gasteiger partial charge in [0.1, 0.15) is 17.8 Å². The second-order valence-corrected chi connectivity index (χ2v) is 5.34. The number of hydrogen-bond acceptors (Lipinski definition) is 3. The SMILES string of the molecule is CC(C)(F)CN1CC(OC(N)=O)CCC1C(F)(F)F. The van der Waals surface area contributed by atoms with Crippen LogP contribution in [0.15, 0.2) is 0 Å². The molecule has 112 valence electrons. The number of halogens is 4. The Morgan fingerprint density at radius 3 is 2.32 bits per heavy atom. The van der Waals surface area contributed by atoms with Crippen LogP contribution >= 0.6 is 0 Å². The maximum absolute atomic E-state index is 13.6. The van der Waals surface area contributed by atoms with Crippen molar-refractivity contribution in [2.24, 2.45) is 5.73 Å². The number of ether oxygens (including phenoxy) is 1. The second-order valence-electron chi connectivity index (χ2n) is 5.34.